The standard InChI is InChI=1S/C20H23NO4/c1-20(2)18-17(19(23)25-20)15(11-16(22)21-18)12-6-5-9-14(10-12)24-13-7-3-4-8-13/h5-6,9-10,13,15H,3-4,7-8,11H2,1-2H3,(H,21,22). The normalized spacial score (nSPS) is 25.6. The Balaban J connectivity index is 1.67. The predicted octanol–water partition coefficient (Wildman–Crippen LogP) is 3.20. The molecule has 3 aliphatic rings. The van der Waals surface area contributed by atoms with Gasteiger partial charge in [0.25, 0.3) is 0 Å². The highest BCUT2D eigenvalue weighted by atomic mass is 16.6. The summed E-state index contributed by atoms with van der Waals surface area (Å²) in [4.78, 5) is 24.6. The zero-order chi connectivity index (χ0) is 17.6. The van der Waals surface area contributed by atoms with E-state index in [0.717, 1.165) is 24.2 Å². The predicted molar refractivity (Wildman–Crippen MR) is 92.0 cm³/mol. The summed E-state index contributed by atoms with van der Waals surface area (Å²) in [6.45, 7) is 3.60. The van der Waals surface area contributed by atoms with Crippen LogP contribution in [0.3, 0.4) is 0 Å². The molecule has 132 valence electrons. The van der Waals surface area contributed by atoms with Gasteiger partial charge < -0.3 is 14.8 Å². The minimum absolute atomic E-state index is 0.0859. The maximum atomic E-state index is 12.4. The third kappa shape index (κ3) is 2.92. The van der Waals surface area contributed by atoms with E-state index in [-0.39, 0.29) is 30.3 Å². The first-order valence-corrected chi connectivity index (χ1v) is 8.98. The molecule has 5 nitrogen and oxygen atoms in total. The number of rotatable bonds is 3. The number of amides is 1. The summed E-state index contributed by atoms with van der Waals surface area (Å²) in [5.41, 5.74) is 1.30. The van der Waals surface area contributed by atoms with Gasteiger partial charge in [-0.25, -0.2) is 4.79 Å². The van der Waals surface area contributed by atoms with Crippen molar-refractivity contribution in [2.45, 2.75) is 63.6 Å². The number of hydrogen-bond donors (Lipinski definition) is 1. The lowest BCUT2D eigenvalue weighted by molar-refractivity contribution is -0.144. The van der Waals surface area contributed by atoms with E-state index in [1.165, 1.54) is 12.8 Å². The number of esters is 1. The van der Waals surface area contributed by atoms with Crippen molar-refractivity contribution in [1.82, 2.24) is 5.32 Å². The Labute approximate surface area is 147 Å². The van der Waals surface area contributed by atoms with Crippen LogP contribution in [0.1, 0.15) is 57.4 Å². The molecular formula is C20H23NO4. The summed E-state index contributed by atoms with van der Waals surface area (Å²) >= 11 is 0. The molecule has 1 fully saturated rings. The molecule has 1 saturated carbocycles. The van der Waals surface area contributed by atoms with Gasteiger partial charge in [-0.2, -0.15) is 0 Å². The largest absolute Gasteiger partial charge is 0.490 e. The van der Waals surface area contributed by atoms with Crippen molar-refractivity contribution in [3.63, 3.8) is 0 Å². The number of cyclic esters (lactones) is 1. The van der Waals surface area contributed by atoms with Gasteiger partial charge in [-0.05, 0) is 57.2 Å². The highest BCUT2D eigenvalue weighted by Crippen LogP contribution is 2.43. The molecule has 1 aromatic rings. The summed E-state index contributed by atoms with van der Waals surface area (Å²) in [6.07, 6.45) is 5.12. The Morgan fingerprint density at radius 2 is 1.96 bits per heavy atom. The summed E-state index contributed by atoms with van der Waals surface area (Å²) in [6, 6.07) is 7.79. The maximum Gasteiger partial charge on any atom is 0.337 e. The molecule has 0 saturated heterocycles. The van der Waals surface area contributed by atoms with Crippen LogP contribution in [0.2, 0.25) is 0 Å². The third-order valence-corrected chi connectivity index (χ3v) is 5.31. The number of hydrogen-bond acceptors (Lipinski definition) is 4. The SMILES string of the molecule is CC1(C)OC(=O)C2=C1NC(=O)CC2c1cccc(OC2CCCC2)c1. The third-order valence-electron chi connectivity index (χ3n) is 5.31. The fourth-order valence-electron chi connectivity index (χ4n) is 4.06. The molecule has 0 radical (unpaired) electrons. The summed E-state index contributed by atoms with van der Waals surface area (Å²) < 4.78 is 11.6. The van der Waals surface area contributed by atoms with Crippen LogP contribution >= 0.6 is 0 Å². The lowest BCUT2D eigenvalue weighted by atomic mass is 9.83. The first-order valence-electron chi connectivity index (χ1n) is 8.98. The quantitative estimate of drug-likeness (QED) is 0.858. The molecule has 1 atom stereocenters. The summed E-state index contributed by atoms with van der Waals surface area (Å²) in [5.74, 6) is 0.0951. The van der Waals surface area contributed by atoms with E-state index in [4.69, 9.17) is 9.47 Å². The van der Waals surface area contributed by atoms with Crippen LogP contribution in [0.5, 0.6) is 5.75 Å². The van der Waals surface area contributed by atoms with Crippen LogP contribution in [0.4, 0.5) is 0 Å². The zero-order valence-electron chi connectivity index (χ0n) is 14.6. The van der Waals surface area contributed by atoms with Gasteiger partial charge in [0.15, 0.2) is 0 Å². The molecule has 4 rings (SSSR count). The zero-order valence-corrected chi connectivity index (χ0v) is 14.6. The van der Waals surface area contributed by atoms with Crippen molar-refractivity contribution in [3.8, 4) is 5.75 Å². The maximum absolute atomic E-state index is 12.4. The van der Waals surface area contributed by atoms with Gasteiger partial charge >= 0.3 is 5.97 Å². The van der Waals surface area contributed by atoms with E-state index in [0.29, 0.717) is 11.3 Å². The number of carbonyl (C=O) groups is 2. The van der Waals surface area contributed by atoms with Crippen LogP contribution < -0.4 is 10.1 Å². The average Bonchev–Trinajstić information content (AvgIpc) is 3.14. The molecule has 2 aliphatic heterocycles. The Morgan fingerprint density at radius 3 is 2.72 bits per heavy atom. The Hall–Kier alpha value is -2.30. The monoisotopic (exact) mass is 341 g/mol. The molecular weight excluding hydrogens is 318 g/mol. The van der Waals surface area contributed by atoms with Crippen LogP contribution in [-0.4, -0.2) is 23.6 Å². The van der Waals surface area contributed by atoms with Crippen molar-refractivity contribution in [2.75, 3.05) is 0 Å². The Kier molecular flexibility index (Phi) is 3.82. The fourth-order valence-corrected chi connectivity index (χ4v) is 4.06. The average molecular weight is 341 g/mol. The minimum atomic E-state index is -0.793. The van der Waals surface area contributed by atoms with Crippen molar-refractivity contribution < 1.29 is 19.1 Å². The lowest BCUT2D eigenvalue weighted by Gasteiger charge is -2.27. The van der Waals surface area contributed by atoms with Crippen molar-refractivity contribution in [2.24, 2.45) is 0 Å². The second kappa shape index (κ2) is 5.90. The second-order valence-corrected chi connectivity index (χ2v) is 7.59. The Bertz CT molecular complexity index is 759. The molecule has 0 aromatic heterocycles. The van der Waals surface area contributed by atoms with E-state index in [1.54, 1.807) is 13.8 Å². The minimum Gasteiger partial charge on any atom is -0.490 e. The van der Waals surface area contributed by atoms with Gasteiger partial charge in [0.2, 0.25) is 5.91 Å². The van der Waals surface area contributed by atoms with E-state index >= 15 is 0 Å². The fraction of sp³-hybridized carbons (Fsp3) is 0.500. The first-order chi connectivity index (χ1) is 11.9. The van der Waals surface area contributed by atoms with Gasteiger partial charge in [-0.1, -0.05) is 12.1 Å². The van der Waals surface area contributed by atoms with Gasteiger partial charge in [0.05, 0.1) is 17.4 Å². The molecule has 2 heterocycles. The van der Waals surface area contributed by atoms with Crippen LogP contribution in [-0.2, 0) is 14.3 Å². The van der Waals surface area contributed by atoms with E-state index in [2.05, 4.69) is 5.32 Å². The number of carbonyl (C=O) groups excluding carboxylic acids is 2. The number of nitrogens with one attached hydrogen (secondary N) is 1. The molecule has 1 aromatic carbocycles. The van der Waals surface area contributed by atoms with Crippen LogP contribution in [0.15, 0.2) is 35.5 Å². The van der Waals surface area contributed by atoms with Crippen LogP contribution in [0, 0.1) is 0 Å². The topological polar surface area (TPSA) is 64.6 Å². The molecule has 1 unspecified atom stereocenters. The van der Waals surface area contributed by atoms with Gasteiger partial charge in [0, 0.05) is 12.3 Å². The highest BCUT2D eigenvalue weighted by Gasteiger charge is 2.47. The Morgan fingerprint density at radius 1 is 1.20 bits per heavy atom. The van der Waals surface area contributed by atoms with Crippen molar-refractivity contribution in [3.05, 3.63) is 41.1 Å². The van der Waals surface area contributed by atoms with E-state index in [1.807, 2.05) is 24.3 Å². The molecule has 0 spiro atoms. The molecule has 0 bridgehead atoms. The molecule has 1 aliphatic carbocycles. The number of benzene rings is 1. The molecule has 1 amide bonds. The van der Waals surface area contributed by atoms with Crippen molar-refractivity contribution >= 4 is 11.9 Å². The van der Waals surface area contributed by atoms with E-state index < -0.39 is 5.60 Å². The van der Waals surface area contributed by atoms with Crippen molar-refractivity contribution in [1.29, 1.82) is 0 Å². The lowest BCUT2D eigenvalue weighted by Crippen LogP contribution is -2.38. The van der Waals surface area contributed by atoms with Gasteiger partial charge in [-0.3, -0.25) is 4.79 Å². The number of ether oxygens (including phenoxy) is 2. The van der Waals surface area contributed by atoms with E-state index in [9.17, 15) is 9.59 Å². The summed E-state index contributed by atoms with van der Waals surface area (Å²) in [5, 5.41) is 2.84. The first kappa shape index (κ1) is 16.2. The molecule has 25 heavy (non-hydrogen) atoms. The molecule has 1 N–H and O–H groups in total. The van der Waals surface area contributed by atoms with Crippen LogP contribution in [0.25, 0.3) is 0 Å². The van der Waals surface area contributed by atoms with Gasteiger partial charge in [-0.15, -0.1) is 0 Å². The molecule has 5 heteroatoms. The second-order valence-electron chi connectivity index (χ2n) is 7.59. The highest BCUT2D eigenvalue weighted by molar-refractivity contribution is 5.99. The summed E-state index contributed by atoms with van der Waals surface area (Å²) in [7, 11) is 0. The smallest absolute Gasteiger partial charge is 0.337 e. The van der Waals surface area contributed by atoms with Gasteiger partial charge in [0.1, 0.15) is 11.4 Å².